The molecule has 5 rings (SSSR count). The number of hydrogen-bond donors (Lipinski definition) is 4. The lowest BCUT2D eigenvalue weighted by atomic mass is 9.44. The molecule has 1 amide bonds. The number of benzene rings is 1. The van der Waals surface area contributed by atoms with Gasteiger partial charge in [-0.25, -0.2) is 4.39 Å². The Hall–Kier alpha value is -2.35. The summed E-state index contributed by atoms with van der Waals surface area (Å²) in [5.41, 5.74) is -4.64. The zero-order valence-corrected chi connectivity index (χ0v) is 21.1. The number of hydrogen-bond acceptors (Lipinski definition) is 5. The van der Waals surface area contributed by atoms with Crippen LogP contribution in [0.2, 0.25) is 0 Å². The summed E-state index contributed by atoms with van der Waals surface area (Å²) in [7, 11) is 0. The number of aliphatic hydroxyl groups excluding tert-OH is 2. The van der Waals surface area contributed by atoms with Crippen molar-refractivity contribution in [3.05, 3.63) is 59.7 Å². The van der Waals surface area contributed by atoms with Gasteiger partial charge < -0.3 is 20.6 Å². The number of aliphatic hydroxyl groups is 3. The molecule has 0 radical (unpaired) electrons. The number of halogens is 1. The largest absolute Gasteiger partial charge is 0.394 e. The molecular weight excluding hydrogens is 461 g/mol. The van der Waals surface area contributed by atoms with E-state index in [0.717, 1.165) is 0 Å². The van der Waals surface area contributed by atoms with E-state index < -0.39 is 52.0 Å². The van der Waals surface area contributed by atoms with Crippen LogP contribution in [-0.4, -0.2) is 51.0 Å². The first-order valence-electron chi connectivity index (χ1n) is 12.9. The molecule has 0 aromatic heterocycles. The number of alkyl halides is 1. The molecule has 7 heteroatoms. The number of ketones is 1. The smallest absolute Gasteiger partial charge is 0.253 e. The van der Waals surface area contributed by atoms with Gasteiger partial charge in [0, 0.05) is 16.7 Å². The third-order valence-electron chi connectivity index (χ3n) is 10.3. The minimum Gasteiger partial charge on any atom is -0.394 e. The molecule has 0 heterocycles. The van der Waals surface area contributed by atoms with E-state index >= 15 is 4.39 Å². The van der Waals surface area contributed by atoms with Crippen molar-refractivity contribution < 1.29 is 29.3 Å². The van der Waals surface area contributed by atoms with Crippen molar-refractivity contribution in [1.29, 1.82) is 0 Å². The Kier molecular flexibility index (Phi) is 5.86. The Morgan fingerprint density at radius 2 is 1.92 bits per heavy atom. The van der Waals surface area contributed by atoms with Gasteiger partial charge in [-0.15, -0.1) is 0 Å². The second kappa shape index (κ2) is 8.33. The molecule has 0 aliphatic heterocycles. The van der Waals surface area contributed by atoms with Crippen molar-refractivity contribution in [2.45, 2.75) is 69.9 Å². The van der Waals surface area contributed by atoms with E-state index in [0.29, 0.717) is 30.4 Å². The predicted molar refractivity (Wildman–Crippen MR) is 132 cm³/mol. The minimum atomic E-state index is -2.02. The van der Waals surface area contributed by atoms with Crippen molar-refractivity contribution in [2.75, 3.05) is 6.61 Å². The second-order valence-corrected chi connectivity index (χ2v) is 11.8. The Morgan fingerprint density at radius 3 is 2.58 bits per heavy atom. The molecule has 4 aliphatic carbocycles. The molecule has 3 saturated carbocycles. The molecule has 4 N–H and O–H groups in total. The summed E-state index contributed by atoms with van der Waals surface area (Å²) in [4.78, 5) is 25.8. The molecule has 36 heavy (non-hydrogen) atoms. The van der Waals surface area contributed by atoms with Crippen molar-refractivity contribution in [3.63, 3.8) is 0 Å². The van der Waals surface area contributed by atoms with Crippen LogP contribution < -0.4 is 5.32 Å². The number of carbonyl (C=O) groups is 2. The number of fused-ring (bicyclic) bond motifs is 5. The highest BCUT2D eigenvalue weighted by molar-refractivity contribution is 6.01. The van der Waals surface area contributed by atoms with E-state index in [2.05, 4.69) is 5.32 Å². The Bertz CT molecular complexity index is 1140. The van der Waals surface area contributed by atoms with Crippen molar-refractivity contribution in [2.24, 2.45) is 28.6 Å². The fourth-order valence-corrected chi connectivity index (χ4v) is 8.22. The van der Waals surface area contributed by atoms with Crippen LogP contribution in [0, 0.1) is 28.6 Å². The fraction of sp³-hybridized carbons (Fsp3) is 0.586. The zero-order valence-electron chi connectivity index (χ0n) is 21.1. The van der Waals surface area contributed by atoms with Crippen LogP contribution in [0.1, 0.15) is 58.1 Å². The molecule has 4 aliphatic rings. The maximum atomic E-state index is 17.3. The molecule has 0 bridgehead atoms. The first-order valence-corrected chi connectivity index (χ1v) is 12.9. The molecule has 1 aromatic carbocycles. The zero-order chi connectivity index (χ0) is 26.1. The third kappa shape index (κ3) is 3.12. The number of allylic oxidation sites excluding steroid dienone is 4. The summed E-state index contributed by atoms with van der Waals surface area (Å²) in [5, 5.41) is 36.4. The molecular formula is C29H36FNO5. The molecule has 3 fully saturated rings. The summed E-state index contributed by atoms with van der Waals surface area (Å²) >= 11 is 0. The quantitative estimate of drug-likeness (QED) is 0.511. The predicted octanol–water partition coefficient (Wildman–Crippen LogP) is 3.18. The average Bonchev–Trinajstić information content (AvgIpc) is 3.05. The Morgan fingerprint density at radius 1 is 1.22 bits per heavy atom. The number of amides is 1. The van der Waals surface area contributed by atoms with Crippen molar-refractivity contribution >= 4 is 11.7 Å². The van der Waals surface area contributed by atoms with E-state index in [1.54, 1.807) is 39.0 Å². The van der Waals surface area contributed by atoms with Gasteiger partial charge in [0.1, 0.15) is 0 Å². The van der Waals surface area contributed by atoms with Crippen LogP contribution in [0.4, 0.5) is 4.39 Å². The summed E-state index contributed by atoms with van der Waals surface area (Å²) < 4.78 is 17.3. The van der Waals surface area contributed by atoms with Crippen LogP contribution in [0.15, 0.2) is 54.1 Å². The standard InChI is InChI=1S/C29H36FNO5/c1-17-13-22-21-10-9-19-14-20(33)11-12-26(19,2)28(21,30)24(34)15-27(22,3)29(17,36)25(35)31-23(16-32)18-7-5-4-6-8-18/h4-8,11-12,14,17,21-24,32,34,36H,9-10,13,15-16H2,1-3H3,(H,31,35)/t17-,21+,22+,23?,24+,26+,27+,28+,29+/m1/s1. The monoisotopic (exact) mass is 497 g/mol. The van der Waals surface area contributed by atoms with Gasteiger partial charge in [0.05, 0.1) is 18.8 Å². The topological polar surface area (TPSA) is 107 Å². The normalized spacial score (nSPS) is 44.2. The van der Waals surface area contributed by atoms with Gasteiger partial charge in [0.15, 0.2) is 17.1 Å². The second-order valence-electron chi connectivity index (χ2n) is 11.8. The molecule has 9 atom stereocenters. The summed E-state index contributed by atoms with van der Waals surface area (Å²) in [6.45, 7) is 5.02. The maximum absolute atomic E-state index is 17.3. The summed E-state index contributed by atoms with van der Waals surface area (Å²) in [5.74, 6) is -2.18. The van der Waals surface area contributed by atoms with Gasteiger partial charge in [0.2, 0.25) is 0 Å². The molecule has 0 spiro atoms. The van der Waals surface area contributed by atoms with Gasteiger partial charge in [-0.05, 0) is 62.2 Å². The number of carbonyl (C=O) groups excluding carboxylic acids is 2. The maximum Gasteiger partial charge on any atom is 0.253 e. The lowest BCUT2D eigenvalue weighted by Crippen LogP contribution is -2.70. The van der Waals surface area contributed by atoms with Crippen LogP contribution in [0.3, 0.4) is 0 Å². The highest BCUT2D eigenvalue weighted by Gasteiger charge is 2.75. The lowest BCUT2D eigenvalue weighted by molar-refractivity contribution is -0.219. The molecule has 1 aromatic rings. The Labute approximate surface area is 211 Å². The van der Waals surface area contributed by atoms with Crippen LogP contribution >= 0.6 is 0 Å². The van der Waals surface area contributed by atoms with E-state index in [9.17, 15) is 24.9 Å². The summed E-state index contributed by atoms with van der Waals surface area (Å²) in [6.07, 6.45) is 4.38. The first kappa shape index (κ1) is 25.3. The average molecular weight is 498 g/mol. The van der Waals surface area contributed by atoms with Crippen LogP contribution in [0.5, 0.6) is 0 Å². The van der Waals surface area contributed by atoms with Crippen molar-refractivity contribution in [3.8, 4) is 0 Å². The van der Waals surface area contributed by atoms with E-state index in [1.165, 1.54) is 12.2 Å². The van der Waals surface area contributed by atoms with Crippen LogP contribution in [-0.2, 0) is 9.59 Å². The van der Waals surface area contributed by atoms with Crippen LogP contribution in [0.25, 0.3) is 0 Å². The number of nitrogens with one attached hydrogen (secondary N) is 1. The Balaban J connectivity index is 1.50. The molecule has 0 saturated heterocycles. The third-order valence-corrected chi connectivity index (χ3v) is 10.3. The highest BCUT2D eigenvalue weighted by atomic mass is 19.1. The summed E-state index contributed by atoms with van der Waals surface area (Å²) in [6, 6.07) is 8.36. The minimum absolute atomic E-state index is 0.0846. The number of rotatable bonds is 4. The van der Waals surface area contributed by atoms with Gasteiger partial charge >= 0.3 is 0 Å². The SMILES string of the molecule is C[C@@H]1C[C@H]2[C@@H]3CCC4=CC(=O)C=C[C@]4(C)[C@@]3(F)[C@@H](O)C[C@]2(C)[C@@]1(O)C(=O)NC(CO)c1ccccc1. The highest BCUT2D eigenvalue weighted by Crippen LogP contribution is 2.70. The molecule has 194 valence electrons. The van der Waals surface area contributed by atoms with E-state index in [4.69, 9.17) is 0 Å². The van der Waals surface area contributed by atoms with Crippen molar-refractivity contribution in [1.82, 2.24) is 5.32 Å². The van der Waals surface area contributed by atoms with Gasteiger partial charge in [-0.3, -0.25) is 9.59 Å². The molecule has 1 unspecified atom stereocenters. The van der Waals surface area contributed by atoms with Gasteiger partial charge in [-0.2, -0.15) is 0 Å². The molecule has 6 nitrogen and oxygen atoms in total. The van der Waals surface area contributed by atoms with E-state index in [-0.39, 0.29) is 24.7 Å². The lowest BCUT2D eigenvalue weighted by Gasteiger charge is -2.62. The first-order chi connectivity index (χ1) is 16.9. The van der Waals surface area contributed by atoms with E-state index in [1.807, 2.05) is 18.2 Å². The fourth-order valence-electron chi connectivity index (χ4n) is 8.22. The van der Waals surface area contributed by atoms with Gasteiger partial charge in [-0.1, -0.05) is 55.8 Å². The van der Waals surface area contributed by atoms with Gasteiger partial charge in [0.25, 0.3) is 5.91 Å².